The Bertz CT molecular complexity index is 1140. The largest absolute Gasteiger partial charge is 0.488 e. The molecule has 0 bridgehead atoms. The molecular weight excluding hydrogens is 411 g/mol. The number of hydrogen-bond acceptors (Lipinski definition) is 5. The van der Waals surface area contributed by atoms with Crippen molar-refractivity contribution in [1.82, 2.24) is 20.3 Å². The fourth-order valence-electron chi connectivity index (χ4n) is 3.11. The van der Waals surface area contributed by atoms with Gasteiger partial charge in [0.25, 0.3) is 5.56 Å². The molecule has 0 fully saturated rings. The average molecular weight is 439 g/mol. The second kappa shape index (κ2) is 9.72. The van der Waals surface area contributed by atoms with Gasteiger partial charge in [0.05, 0.1) is 12.5 Å². The molecule has 0 aliphatic carbocycles. The molecule has 0 aliphatic rings. The molecule has 0 radical (unpaired) electrons. The first-order valence-electron chi connectivity index (χ1n) is 10.3. The lowest BCUT2D eigenvalue weighted by Crippen LogP contribution is -2.48. The van der Waals surface area contributed by atoms with E-state index >= 15 is 0 Å². The summed E-state index contributed by atoms with van der Waals surface area (Å²) in [5.74, 6) is -0.283. The number of halogens is 1. The summed E-state index contributed by atoms with van der Waals surface area (Å²) >= 11 is 0. The van der Waals surface area contributed by atoms with Gasteiger partial charge < -0.3 is 15.0 Å². The van der Waals surface area contributed by atoms with Crippen molar-refractivity contribution in [3.63, 3.8) is 0 Å². The van der Waals surface area contributed by atoms with Crippen molar-refractivity contribution in [1.29, 1.82) is 0 Å². The van der Waals surface area contributed by atoms with Crippen LogP contribution in [-0.4, -0.2) is 33.5 Å². The highest BCUT2D eigenvalue weighted by Gasteiger charge is 2.28. The van der Waals surface area contributed by atoms with Crippen LogP contribution >= 0.6 is 0 Å². The number of ether oxygens (including phenoxy) is 1. The number of pyridine rings is 1. The van der Waals surface area contributed by atoms with Crippen molar-refractivity contribution in [2.24, 2.45) is 5.41 Å². The summed E-state index contributed by atoms with van der Waals surface area (Å²) < 4.78 is 19.5. The number of aryl methyl sites for hydroxylation is 1. The third kappa shape index (κ3) is 5.78. The Kier molecular flexibility index (Phi) is 7.02. The van der Waals surface area contributed by atoms with Gasteiger partial charge in [0.1, 0.15) is 12.4 Å². The van der Waals surface area contributed by atoms with Gasteiger partial charge in [-0.2, -0.15) is 0 Å². The van der Waals surface area contributed by atoms with Crippen LogP contribution in [0.4, 0.5) is 4.39 Å². The number of nitrogens with one attached hydrogen (secondary N) is 2. The van der Waals surface area contributed by atoms with E-state index in [9.17, 15) is 14.0 Å². The summed E-state index contributed by atoms with van der Waals surface area (Å²) in [6, 6.07) is 9.25. The van der Waals surface area contributed by atoms with Gasteiger partial charge in [0.2, 0.25) is 5.91 Å². The van der Waals surface area contributed by atoms with E-state index in [4.69, 9.17) is 4.74 Å². The first kappa shape index (κ1) is 23.1. The molecule has 0 saturated carbocycles. The number of carbonyl (C=O) groups excluding carboxylic acids is 1. The molecule has 32 heavy (non-hydrogen) atoms. The fourth-order valence-corrected chi connectivity index (χ4v) is 3.11. The Morgan fingerprint density at radius 1 is 1.22 bits per heavy atom. The van der Waals surface area contributed by atoms with Crippen LogP contribution in [0, 0.1) is 18.2 Å². The Balaban J connectivity index is 1.72. The molecule has 1 atom stereocenters. The van der Waals surface area contributed by atoms with E-state index in [2.05, 4.69) is 20.3 Å². The summed E-state index contributed by atoms with van der Waals surface area (Å²) in [7, 11) is 0. The summed E-state index contributed by atoms with van der Waals surface area (Å²) in [5, 5.41) is 2.92. The van der Waals surface area contributed by atoms with Gasteiger partial charge in [0, 0.05) is 29.2 Å². The molecule has 168 valence electrons. The van der Waals surface area contributed by atoms with Crippen molar-refractivity contribution in [2.45, 2.75) is 40.2 Å². The number of aromatic nitrogens is 3. The number of aromatic amines is 1. The van der Waals surface area contributed by atoms with Crippen LogP contribution in [0.15, 0.2) is 53.6 Å². The molecule has 0 aliphatic heterocycles. The van der Waals surface area contributed by atoms with Crippen LogP contribution in [0.5, 0.6) is 5.75 Å². The number of rotatable bonds is 7. The van der Waals surface area contributed by atoms with Crippen LogP contribution in [0.1, 0.15) is 32.0 Å². The van der Waals surface area contributed by atoms with Gasteiger partial charge in [0.15, 0.2) is 11.6 Å². The highest BCUT2D eigenvalue weighted by molar-refractivity contribution is 5.79. The van der Waals surface area contributed by atoms with Crippen LogP contribution in [-0.2, 0) is 11.2 Å². The fraction of sp³-hybridized carbons (Fsp3) is 0.333. The molecular formula is C24H27FN4O3. The Morgan fingerprint density at radius 3 is 2.59 bits per heavy atom. The average Bonchev–Trinajstić information content (AvgIpc) is 2.74. The Morgan fingerprint density at radius 2 is 1.97 bits per heavy atom. The molecule has 2 aromatic heterocycles. The maximum Gasteiger partial charge on any atom is 0.255 e. The summed E-state index contributed by atoms with van der Waals surface area (Å²) in [4.78, 5) is 36.6. The van der Waals surface area contributed by atoms with Crippen molar-refractivity contribution < 1.29 is 13.9 Å². The molecule has 0 spiro atoms. The van der Waals surface area contributed by atoms with E-state index in [0.29, 0.717) is 17.1 Å². The highest BCUT2D eigenvalue weighted by atomic mass is 19.1. The number of benzene rings is 1. The van der Waals surface area contributed by atoms with E-state index in [1.807, 2.05) is 20.8 Å². The lowest BCUT2D eigenvalue weighted by Gasteiger charge is -2.31. The normalized spacial score (nSPS) is 12.3. The predicted molar refractivity (Wildman–Crippen MR) is 120 cm³/mol. The van der Waals surface area contributed by atoms with Crippen molar-refractivity contribution >= 4 is 5.91 Å². The highest BCUT2D eigenvalue weighted by Crippen LogP contribution is 2.22. The maximum absolute atomic E-state index is 13.9. The quantitative estimate of drug-likeness (QED) is 0.589. The van der Waals surface area contributed by atoms with Gasteiger partial charge in [-0.3, -0.25) is 14.6 Å². The summed E-state index contributed by atoms with van der Waals surface area (Å²) in [6.07, 6.45) is 3.11. The molecule has 0 saturated heterocycles. The topological polar surface area (TPSA) is 97.0 Å². The van der Waals surface area contributed by atoms with E-state index < -0.39 is 11.9 Å². The Labute approximate surface area is 186 Å². The number of hydrogen-bond donors (Lipinski definition) is 2. The molecule has 2 N–H and O–H groups in total. The third-order valence-electron chi connectivity index (χ3n) is 5.12. The third-order valence-corrected chi connectivity index (χ3v) is 5.12. The number of amides is 1. The molecule has 1 amide bonds. The first-order valence-corrected chi connectivity index (χ1v) is 10.3. The van der Waals surface area contributed by atoms with E-state index in [0.717, 1.165) is 0 Å². The minimum atomic E-state index is -0.464. The Hall–Kier alpha value is -3.55. The molecule has 3 aromatic rings. The SMILES string of the molecule is Cc1nc(-c2cccnc2)[nH]c(=O)c1CC(=O)NC(COc1ccccc1F)C(C)(C)C. The van der Waals surface area contributed by atoms with Crippen LogP contribution < -0.4 is 15.6 Å². The van der Waals surface area contributed by atoms with Gasteiger partial charge in [-0.25, -0.2) is 9.37 Å². The second-order valence-electron chi connectivity index (χ2n) is 8.62. The predicted octanol–water partition coefficient (Wildman–Crippen LogP) is 3.43. The monoisotopic (exact) mass is 438 g/mol. The molecule has 2 heterocycles. The zero-order chi connectivity index (χ0) is 23.3. The molecule has 1 aromatic carbocycles. The second-order valence-corrected chi connectivity index (χ2v) is 8.62. The van der Waals surface area contributed by atoms with Gasteiger partial charge in [-0.15, -0.1) is 0 Å². The molecule has 3 rings (SSSR count). The lowest BCUT2D eigenvalue weighted by molar-refractivity contribution is -0.122. The number of carbonyl (C=O) groups is 1. The lowest BCUT2D eigenvalue weighted by atomic mass is 9.87. The van der Waals surface area contributed by atoms with Crippen LogP contribution in [0.25, 0.3) is 11.4 Å². The minimum Gasteiger partial charge on any atom is -0.488 e. The zero-order valence-electron chi connectivity index (χ0n) is 18.6. The van der Waals surface area contributed by atoms with E-state index in [-0.39, 0.29) is 41.2 Å². The summed E-state index contributed by atoms with van der Waals surface area (Å²) in [6.45, 7) is 7.63. The van der Waals surface area contributed by atoms with Crippen LogP contribution in [0.2, 0.25) is 0 Å². The smallest absolute Gasteiger partial charge is 0.255 e. The standard InChI is InChI=1S/C24H27FN4O3/c1-15-17(23(31)29-22(27-15)16-8-7-11-26-13-16)12-21(30)28-20(24(2,3)4)14-32-19-10-6-5-9-18(19)25/h5-11,13,20H,12,14H2,1-4H3,(H,28,30)(H,27,29,31). The van der Waals surface area contributed by atoms with E-state index in [1.54, 1.807) is 43.6 Å². The van der Waals surface area contributed by atoms with Gasteiger partial charge in [-0.1, -0.05) is 32.9 Å². The first-order chi connectivity index (χ1) is 15.1. The van der Waals surface area contributed by atoms with Crippen LogP contribution in [0.3, 0.4) is 0 Å². The van der Waals surface area contributed by atoms with Gasteiger partial charge in [-0.05, 0) is 36.6 Å². The van der Waals surface area contributed by atoms with Crippen molar-refractivity contribution in [3.05, 3.63) is 76.2 Å². The van der Waals surface area contributed by atoms with Crippen molar-refractivity contribution in [3.8, 4) is 17.1 Å². The van der Waals surface area contributed by atoms with Gasteiger partial charge >= 0.3 is 0 Å². The number of para-hydroxylation sites is 1. The number of H-pyrrole nitrogens is 1. The number of nitrogens with zero attached hydrogens (tertiary/aromatic N) is 2. The minimum absolute atomic E-state index is 0.0870. The molecule has 8 heteroatoms. The molecule has 1 unspecified atom stereocenters. The maximum atomic E-state index is 13.9. The summed E-state index contributed by atoms with van der Waals surface area (Å²) in [5.41, 5.74) is 0.712. The zero-order valence-corrected chi connectivity index (χ0v) is 18.6. The van der Waals surface area contributed by atoms with E-state index in [1.165, 1.54) is 12.1 Å². The molecule has 7 nitrogen and oxygen atoms in total. The van der Waals surface area contributed by atoms with Crippen molar-refractivity contribution in [2.75, 3.05) is 6.61 Å².